The number of esters is 1. The van der Waals surface area contributed by atoms with Gasteiger partial charge >= 0.3 is 5.97 Å². The van der Waals surface area contributed by atoms with E-state index in [9.17, 15) is 28.8 Å². The zero-order chi connectivity index (χ0) is 34.8. The number of benzene rings is 3. The van der Waals surface area contributed by atoms with E-state index in [1.165, 1.54) is 59.8 Å². The van der Waals surface area contributed by atoms with E-state index in [1.807, 2.05) is 32.0 Å². The van der Waals surface area contributed by atoms with Crippen LogP contribution in [0.5, 0.6) is 5.75 Å². The average Bonchev–Trinajstić information content (AvgIpc) is 3.80. The fourth-order valence-corrected chi connectivity index (χ4v) is 7.28. The minimum absolute atomic E-state index is 0.0221. The van der Waals surface area contributed by atoms with Crippen LogP contribution in [0, 0.1) is 0 Å². The number of pyridine rings is 1. The largest absolute Gasteiger partial charge is 0.423 e. The zero-order valence-corrected chi connectivity index (χ0v) is 27.2. The molecule has 3 heterocycles. The van der Waals surface area contributed by atoms with E-state index in [2.05, 4.69) is 15.0 Å². The Kier molecular flexibility index (Phi) is 7.36. The Balaban J connectivity index is 1.13. The number of carbonyl (C=O) groups excluding carboxylic acids is 5. The summed E-state index contributed by atoms with van der Waals surface area (Å²) in [7, 11) is 0. The molecule has 248 valence electrons. The van der Waals surface area contributed by atoms with Crippen LogP contribution < -0.4 is 15.2 Å². The van der Waals surface area contributed by atoms with Crippen molar-refractivity contribution in [3.8, 4) is 5.75 Å². The van der Waals surface area contributed by atoms with Crippen LogP contribution in [0.4, 0.5) is 5.69 Å². The van der Waals surface area contributed by atoms with Crippen LogP contribution in [0.15, 0.2) is 77.9 Å². The molecule has 1 N–H and O–H groups in total. The number of nitrogens with one attached hydrogen (secondary N) is 1. The lowest BCUT2D eigenvalue weighted by Gasteiger charge is -2.23. The van der Waals surface area contributed by atoms with Crippen molar-refractivity contribution in [2.24, 2.45) is 0 Å². The molecule has 3 aromatic carbocycles. The number of Topliss-reactive ketones (excluding diaryl/α,β-unsaturated/α-hetero) is 2. The van der Waals surface area contributed by atoms with Crippen molar-refractivity contribution in [3.63, 3.8) is 0 Å². The van der Waals surface area contributed by atoms with Crippen LogP contribution in [0.25, 0.3) is 10.9 Å². The third-order valence-corrected chi connectivity index (χ3v) is 9.93. The Hall–Kier alpha value is -6.10. The first-order valence-corrected chi connectivity index (χ1v) is 16.6. The maximum absolute atomic E-state index is 14.0. The summed E-state index contributed by atoms with van der Waals surface area (Å²) in [4.78, 5) is 93.6. The number of aromatic nitrogens is 3. The number of hydrogen-bond acceptors (Lipinski definition) is 9. The molecular formula is C39H30N4O7. The number of anilines is 1. The van der Waals surface area contributed by atoms with Gasteiger partial charge < -0.3 is 9.72 Å². The van der Waals surface area contributed by atoms with Gasteiger partial charge in [0, 0.05) is 23.5 Å². The maximum atomic E-state index is 14.0. The van der Waals surface area contributed by atoms with Crippen molar-refractivity contribution in [1.82, 2.24) is 15.0 Å². The Bertz CT molecular complexity index is 2320. The fourth-order valence-electron chi connectivity index (χ4n) is 7.28. The Labute approximate surface area is 285 Å². The highest BCUT2D eigenvalue weighted by Crippen LogP contribution is 2.43. The molecule has 0 radical (unpaired) electrons. The van der Waals surface area contributed by atoms with Crippen LogP contribution in [0.3, 0.4) is 0 Å². The van der Waals surface area contributed by atoms with Crippen LogP contribution in [-0.4, -0.2) is 44.3 Å². The van der Waals surface area contributed by atoms with Crippen LogP contribution in [-0.2, 0) is 0 Å². The molecule has 3 aliphatic rings. The summed E-state index contributed by atoms with van der Waals surface area (Å²) in [5.41, 5.74) is 2.09. The number of H-pyrrole nitrogens is 1. The quantitative estimate of drug-likeness (QED) is 0.125. The highest BCUT2D eigenvalue weighted by molar-refractivity contribution is 6.37. The third kappa shape index (κ3) is 4.96. The van der Waals surface area contributed by atoms with E-state index in [-0.39, 0.29) is 62.1 Å². The van der Waals surface area contributed by atoms with Crippen molar-refractivity contribution in [2.45, 2.75) is 57.3 Å². The van der Waals surface area contributed by atoms with E-state index in [0.717, 1.165) is 36.8 Å². The molecule has 0 spiro atoms. The second-order valence-corrected chi connectivity index (χ2v) is 13.3. The van der Waals surface area contributed by atoms with Gasteiger partial charge in [0.15, 0.2) is 11.6 Å². The molecule has 0 unspecified atom stereocenters. The summed E-state index contributed by atoms with van der Waals surface area (Å²) in [5.74, 6) is -4.17. The smallest absolute Gasteiger partial charge is 0.343 e. The van der Waals surface area contributed by atoms with Crippen LogP contribution in [0.2, 0.25) is 0 Å². The highest BCUT2D eigenvalue weighted by Gasteiger charge is 2.46. The molecule has 0 atom stereocenters. The van der Waals surface area contributed by atoms with Gasteiger partial charge in [0.1, 0.15) is 17.5 Å². The summed E-state index contributed by atoms with van der Waals surface area (Å²) < 4.78 is 5.37. The molecule has 11 heteroatoms. The number of rotatable bonds is 6. The van der Waals surface area contributed by atoms with E-state index < -0.39 is 40.8 Å². The summed E-state index contributed by atoms with van der Waals surface area (Å²) in [6.45, 7) is 4.09. The molecule has 1 aliphatic heterocycles. The summed E-state index contributed by atoms with van der Waals surface area (Å²) in [6, 6.07) is 15.8. The number of imide groups is 1. The van der Waals surface area contributed by atoms with Gasteiger partial charge in [-0.3, -0.25) is 29.0 Å². The van der Waals surface area contributed by atoms with Crippen molar-refractivity contribution < 1.29 is 28.7 Å². The van der Waals surface area contributed by atoms with Gasteiger partial charge in [-0.25, -0.2) is 14.7 Å². The molecule has 5 aromatic rings. The second-order valence-electron chi connectivity index (χ2n) is 13.3. The normalized spacial score (nSPS) is 16.2. The highest BCUT2D eigenvalue weighted by atomic mass is 16.5. The zero-order valence-electron chi connectivity index (χ0n) is 27.2. The lowest BCUT2D eigenvalue weighted by Crippen LogP contribution is -2.31. The Morgan fingerprint density at radius 1 is 0.820 bits per heavy atom. The first-order valence-electron chi connectivity index (χ1n) is 16.6. The van der Waals surface area contributed by atoms with Gasteiger partial charge in [-0.15, -0.1) is 0 Å². The predicted molar refractivity (Wildman–Crippen MR) is 182 cm³/mol. The number of aromatic amines is 1. The van der Waals surface area contributed by atoms with Gasteiger partial charge in [-0.2, -0.15) is 0 Å². The van der Waals surface area contributed by atoms with Gasteiger partial charge in [0.25, 0.3) is 17.4 Å². The van der Waals surface area contributed by atoms with Crippen molar-refractivity contribution in [3.05, 3.63) is 128 Å². The van der Waals surface area contributed by atoms with E-state index in [1.54, 1.807) is 0 Å². The molecule has 1 fully saturated rings. The van der Waals surface area contributed by atoms with Gasteiger partial charge in [0.2, 0.25) is 0 Å². The number of hydrogen-bond donors (Lipinski definition) is 1. The average molecular weight is 667 g/mol. The third-order valence-electron chi connectivity index (χ3n) is 9.93. The fraction of sp³-hybridized carbons (Fsp3) is 0.231. The van der Waals surface area contributed by atoms with Crippen molar-refractivity contribution in [2.75, 3.05) is 4.90 Å². The van der Waals surface area contributed by atoms with E-state index >= 15 is 0 Å². The van der Waals surface area contributed by atoms with Crippen LogP contribution in [0.1, 0.15) is 126 Å². The summed E-state index contributed by atoms with van der Waals surface area (Å²) in [6.07, 6.45) is 7.04. The molecule has 50 heavy (non-hydrogen) atoms. The molecule has 2 aromatic heterocycles. The minimum Gasteiger partial charge on any atom is -0.423 e. The first kappa shape index (κ1) is 31.2. The van der Waals surface area contributed by atoms with Gasteiger partial charge in [-0.05, 0) is 84.3 Å². The van der Waals surface area contributed by atoms with Crippen molar-refractivity contribution >= 4 is 45.9 Å². The maximum Gasteiger partial charge on any atom is 0.343 e. The molecule has 0 saturated heterocycles. The number of carbonyl (C=O) groups is 5. The van der Waals surface area contributed by atoms with E-state index in [0.29, 0.717) is 5.69 Å². The van der Waals surface area contributed by atoms with Gasteiger partial charge in [-0.1, -0.05) is 38.8 Å². The second kappa shape index (κ2) is 11.8. The monoisotopic (exact) mass is 666 g/mol. The molecule has 8 rings (SSSR count). The molecule has 1 saturated carbocycles. The summed E-state index contributed by atoms with van der Waals surface area (Å²) >= 11 is 0. The predicted octanol–water partition coefficient (Wildman–Crippen LogP) is 6.28. The lowest BCUT2D eigenvalue weighted by atomic mass is 9.91. The number of nitrogens with zero attached hydrogens (tertiary/aromatic N) is 3. The molecule has 11 nitrogen and oxygen atoms in total. The first-order chi connectivity index (χ1) is 24.1. The van der Waals surface area contributed by atoms with Gasteiger partial charge in [0.05, 0.1) is 33.3 Å². The molecule has 2 amide bonds. The number of ether oxygens (including phenoxy) is 1. The lowest BCUT2D eigenvalue weighted by molar-refractivity contribution is 0.0733. The molecule has 0 bridgehead atoms. The number of ketones is 2. The SMILES string of the molecule is CC(C)c1ccc(C2CCCC2)c(N2C(=O)c3cc4c(cc3C2=O)C(=O)C(c2nc3cc(C(=O)Oc5ccncc5)ccc3c(=O)[nH]2)C4=O)c1. The van der Waals surface area contributed by atoms with Crippen molar-refractivity contribution in [1.29, 1.82) is 0 Å². The molecule has 2 aliphatic carbocycles. The Morgan fingerprint density at radius 3 is 2.12 bits per heavy atom. The number of amides is 2. The molecular weight excluding hydrogens is 636 g/mol. The number of fused-ring (bicyclic) bond motifs is 3. The Morgan fingerprint density at radius 2 is 1.48 bits per heavy atom. The standard InChI is InChI=1S/C39H30N4O7/c1-19(2)21-7-9-24(20-5-3-4-6-20)31(16-21)43-37(47)28-17-26-27(18-29(28)38(43)48)34(45)32(33(26)44)35-41-30-15-22(8-10-25(30)36(46)42-35)39(49)50-23-11-13-40-14-12-23/h7-20,32H,3-6H2,1-2H3,(H,41,42,46). The van der Waals surface area contributed by atoms with E-state index in [4.69, 9.17) is 4.74 Å². The van der Waals surface area contributed by atoms with Crippen LogP contribution >= 0.6 is 0 Å². The topological polar surface area (TPSA) is 156 Å². The minimum atomic E-state index is -1.50. The summed E-state index contributed by atoms with van der Waals surface area (Å²) in [5, 5.41) is 0.137.